The first kappa shape index (κ1) is 23.6. The van der Waals surface area contributed by atoms with E-state index in [-0.39, 0.29) is 12.0 Å². The molecule has 4 rings (SSSR count). The first-order valence-corrected chi connectivity index (χ1v) is 12.4. The lowest BCUT2D eigenvalue weighted by Crippen LogP contribution is -2.47. The van der Waals surface area contributed by atoms with Gasteiger partial charge in [0.25, 0.3) is 0 Å². The van der Waals surface area contributed by atoms with Crippen LogP contribution in [0.15, 0.2) is 54.6 Å². The van der Waals surface area contributed by atoms with Gasteiger partial charge in [0.1, 0.15) is 6.04 Å². The number of hydrogen-bond donors (Lipinski definition) is 1. The zero-order valence-corrected chi connectivity index (χ0v) is 19.6. The second kappa shape index (κ2) is 12.6. The van der Waals surface area contributed by atoms with Gasteiger partial charge in [0.2, 0.25) is 0 Å². The fraction of sp³-hybridized carbons (Fsp3) is 0.519. The Bertz CT molecular complexity index is 837. The topological polar surface area (TPSA) is 54.0 Å². The molecule has 2 aromatic rings. The van der Waals surface area contributed by atoms with Gasteiger partial charge in [-0.25, -0.2) is 0 Å². The summed E-state index contributed by atoms with van der Waals surface area (Å²) in [5.41, 5.74) is 3.65. The molecule has 33 heavy (non-hydrogen) atoms. The summed E-state index contributed by atoms with van der Waals surface area (Å²) in [6.45, 7) is 5.55. The van der Waals surface area contributed by atoms with E-state index in [0.29, 0.717) is 13.3 Å². The summed E-state index contributed by atoms with van der Waals surface area (Å²) >= 11 is 0. The predicted molar refractivity (Wildman–Crippen MR) is 133 cm³/mol. The molecular weight excluding hydrogens is 414 g/mol. The Balaban J connectivity index is 1.19. The maximum absolute atomic E-state index is 12.8. The highest BCUT2D eigenvalue weighted by Gasteiger charge is 2.29. The second-order valence-electron chi connectivity index (χ2n) is 8.92. The maximum Gasteiger partial charge on any atom is 0.323 e. The third-order valence-corrected chi connectivity index (χ3v) is 6.56. The normalized spacial score (nSPS) is 19.3. The Morgan fingerprint density at radius 2 is 1.76 bits per heavy atom. The van der Waals surface area contributed by atoms with Crippen LogP contribution in [-0.2, 0) is 20.7 Å². The number of nitrogens with one attached hydrogen (secondary N) is 1. The monoisotopic (exact) mass is 451 g/mol. The molecule has 0 spiro atoms. The van der Waals surface area contributed by atoms with Gasteiger partial charge in [0.15, 0.2) is 0 Å². The van der Waals surface area contributed by atoms with Crippen molar-refractivity contribution in [3.63, 3.8) is 0 Å². The zero-order valence-electron chi connectivity index (χ0n) is 19.6. The number of carbonyl (C=O) groups is 1. The van der Waals surface area contributed by atoms with Crippen molar-refractivity contribution in [2.24, 2.45) is 0 Å². The number of piperidine rings is 1. The highest BCUT2D eigenvalue weighted by molar-refractivity contribution is 5.76. The van der Waals surface area contributed by atoms with Gasteiger partial charge >= 0.3 is 5.97 Å². The highest BCUT2D eigenvalue weighted by Crippen LogP contribution is 2.21. The van der Waals surface area contributed by atoms with Crippen molar-refractivity contribution >= 4 is 17.3 Å². The van der Waals surface area contributed by atoms with E-state index in [2.05, 4.69) is 63.6 Å². The van der Waals surface area contributed by atoms with Crippen LogP contribution in [0.5, 0.6) is 0 Å². The minimum Gasteiger partial charge on any atom is -0.465 e. The van der Waals surface area contributed by atoms with Crippen LogP contribution in [0, 0.1) is 0 Å². The van der Waals surface area contributed by atoms with Crippen LogP contribution < -0.4 is 10.2 Å². The van der Waals surface area contributed by atoms with E-state index in [0.717, 1.165) is 77.1 Å². The largest absolute Gasteiger partial charge is 0.465 e. The minimum atomic E-state index is -0.145. The summed E-state index contributed by atoms with van der Waals surface area (Å²) in [7, 11) is 0. The molecule has 6 heteroatoms. The molecule has 2 aliphatic heterocycles. The average molecular weight is 452 g/mol. The number of ether oxygens (including phenoxy) is 2. The number of unbranched alkanes of at least 4 members (excludes halogenated alkanes) is 1. The third kappa shape index (κ3) is 7.21. The molecule has 0 saturated carbocycles. The summed E-state index contributed by atoms with van der Waals surface area (Å²) < 4.78 is 11.1. The maximum atomic E-state index is 12.8. The van der Waals surface area contributed by atoms with Gasteiger partial charge in [-0.3, -0.25) is 9.69 Å². The van der Waals surface area contributed by atoms with Crippen molar-refractivity contribution in [2.45, 2.75) is 44.6 Å². The molecule has 0 radical (unpaired) electrons. The highest BCUT2D eigenvalue weighted by atomic mass is 16.5. The molecule has 6 nitrogen and oxygen atoms in total. The Hall–Kier alpha value is -2.57. The van der Waals surface area contributed by atoms with Crippen molar-refractivity contribution in [2.75, 3.05) is 56.3 Å². The molecule has 0 aromatic heterocycles. The molecule has 2 saturated heterocycles. The standard InChI is InChI=1S/C27H37N3O3/c31-27(33-19-7-5-10-23-8-2-1-3-9-23)26-11-4-6-16-30(26)22-28-24-12-14-25(15-13-24)29-17-20-32-21-18-29/h1-3,8-9,12-15,26,28H,4-7,10-11,16-22H2/t26-/m0/s1. The van der Waals surface area contributed by atoms with Crippen LogP contribution in [0.2, 0.25) is 0 Å². The predicted octanol–water partition coefficient (Wildman–Crippen LogP) is 4.31. The van der Waals surface area contributed by atoms with E-state index < -0.39 is 0 Å². The quantitative estimate of drug-likeness (QED) is 0.429. The number of esters is 1. The molecule has 2 heterocycles. The van der Waals surface area contributed by atoms with Crippen molar-refractivity contribution in [3.8, 4) is 0 Å². The zero-order chi connectivity index (χ0) is 22.7. The first-order chi connectivity index (χ1) is 16.3. The molecule has 0 bridgehead atoms. The lowest BCUT2D eigenvalue weighted by Gasteiger charge is -2.34. The molecule has 0 amide bonds. The third-order valence-electron chi connectivity index (χ3n) is 6.56. The van der Waals surface area contributed by atoms with Gasteiger partial charge in [0.05, 0.1) is 26.5 Å². The number of anilines is 2. The molecule has 0 unspecified atom stereocenters. The van der Waals surface area contributed by atoms with Crippen LogP contribution in [-0.4, -0.2) is 63.0 Å². The first-order valence-electron chi connectivity index (χ1n) is 12.4. The number of likely N-dealkylation sites (tertiary alicyclic amines) is 1. The van der Waals surface area contributed by atoms with Gasteiger partial charge in [-0.05, 0) is 61.9 Å². The number of hydrogen-bond acceptors (Lipinski definition) is 6. The molecule has 1 N–H and O–H groups in total. The molecule has 2 aromatic carbocycles. The Morgan fingerprint density at radius 3 is 2.55 bits per heavy atom. The SMILES string of the molecule is O=C(OCCCCc1ccccc1)[C@@H]1CCCCN1CNc1ccc(N2CCOCC2)cc1. The Morgan fingerprint density at radius 1 is 0.970 bits per heavy atom. The molecule has 0 aliphatic carbocycles. The van der Waals surface area contributed by atoms with Crippen molar-refractivity contribution < 1.29 is 14.3 Å². The molecule has 2 fully saturated rings. The van der Waals surface area contributed by atoms with Gasteiger partial charge < -0.3 is 19.7 Å². The Kier molecular flexibility index (Phi) is 9.01. The summed E-state index contributed by atoms with van der Waals surface area (Å²) in [6, 6.07) is 18.9. The van der Waals surface area contributed by atoms with E-state index in [1.54, 1.807) is 0 Å². The van der Waals surface area contributed by atoms with E-state index >= 15 is 0 Å². The fourth-order valence-corrected chi connectivity index (χ4v) is 4.60. The van der Waals surface area contributed by atoms with Crippen LogP contribution in [0.3, 0.4) is 0 Å². The number of rotatable bonds is 10. The minimum absolute atomic E-state index is 0.0705. The smallest absolute Gasteiger partial charge is 0.323 e. The lowest BCUT2D eigenvalue weighted by molar-refractivity contribution is -0.151. The molecule has 2 aliphatic rings. The Labute approximate surface area is 197 Å². The van der Waals surface area contributed by atoms with Crippen molar-refractivity contribution in [1.82, 2.24) is 4.90 Å². The van der Waals surface area contributed by atoms with E-state index in [1.807, 2.05) is 6.07 Å². The van der Waals surface area contributed by atoms with Crippen molar-refractivity contribution in [1.29, 1.82) is 0 Å². The van der Waals surface area contributed by atoms with Crippen molar-refractivity contribution in [3.05, 3.63) is 60.2 Å². The lowest BCUT2D eigenvalue weighted by atomic mass is 10.0. The average Bonchev–Trinajstić information content (AvgIpc) is 2.89. The summed E-state index contributed by atoms with van der Waals surface area (Å²) in [5.74, 6) is -0.0705. The summed E-state index contributed by atoms with van der Waals surface area (Å²) in [4.78, 5) is 17.3. The van der Waals surface area contributed by atoms with Crippen LogP contribution >= 0.6 is 0 Å². The van der Waals surface area contributed by atoms with E-state index in [9.17, 15) is 4.79 Å². The summed E-state index contributed by atoms with van der Waals surface area (Å²) in [5, 5.41) is 3.50. The number of morpholine rings is 1. The number of nitrogens with zero attached hydrogens (tertiary/aromatic N) is 2. The van der Waals surface area contributed by atoms with Gasteiger partial charge in [-0.1, -0.05) is 36.8 Å². The van der Waals surface area contributed by atoms with E-state index in [4.69, 9.17) is 9.47 Å². The molecular formula is C27H37N3O3. The van der Waals surface area contributed by atoms with Gasteiger partial charge in [-0.2, -0.15) is 0 Å². The fourth-order valence-electron chi connectivity index (χ4n) is 4.60. The van der Waals surface area contributed by atoms with E-state index in [1.165, 1.54) is 11.3 Å². The van der Waals surface area contributed by atoms with Crippen LogP contribution in [0.1, 0.15) is 37.7 Å². The molecule has 1 atom stereocenters. The second-order valence-corrected chi connectivity index (χ2v) is 8.92. The number of benzene rings is 2. The van der Waals surface area contributed by atoms with Crippen LogP contribution in [0.4, 0.5) is 11.4 Å². The number of carbonyl (C=O) groups excluding carboxylic acids is 1. The van der Waals surface area contributed by atoms with Crippen LogP contribution in [0.25, 0.3) is 0 Å². The van der Waals surface area contributed by atoms with Gasteiger partial charge in [-0.15, -0.1) is 0 Å². The number of aryl methyl sites for hydroxylation is 1. The van der Waals surface area contributed by atoms with Gasteiger partial charge in [0, 0.05) is 31.0 Å². The summed E-state index contributed by atoms with van der Waals surface area (Å²) in [6.07, 6.45) is 6.05. The molecule has 178 valence electrons.